The van der Waals surface area contributed by atoms with Crippen molar-refractivity contribution in [3.63, 3.8) is 0 Å². The molecular weight excluding hydrogens is 389 g/mol. The zero-order valence-corrected chi connectivity index (χ0v) is 15.1. The Bertz CT molecular complexity index is 1160. The molecule has 0 radical (unpaired) electrons. The van der Waals surface area contributed by atoms with Gasteiger partial charge < -0.3 is 9.67 Å². The molecule has 1 aromatic carbocycles. The van der Waals surface area contributed by atoms with Crippen molar-refractivity contribution >= 4 is 21.8 Å². The first-order chi connectivity index (χ1) is 13.3. The number of amides is 1. The van der Waals surface area contributed by atoms with Crippen molar-refractivity contribution in [1.82, 2.24) is 19.3 Å². The molecule has 1 amide bonds. The maximum absolute atomic E-state index is 15.1. The minimum Gasteiger partial charge on any atom is -0.506 e. The summed E-state index contributed by atoms with van der Waals surface area (Å²) in [7, 11) is -4.27. The van der Waals surface area contributed by atoms with Crippen LogP contribution >= 0.6 is 0 Å². The summed E-state index contributed by atoms with van der Waals surface area (Å²) in [6.45, 7) is -0.155. The lowest BCUT2D eigenvalue weighted by molar-refractivity contribution is -0.117. The van der Waals surface area contributed by atoms with Crippen molar-refractivity contribution < 1.29 is 22.7 Å². The highest BCUT2D eigenvalue weighted by molar-refractivity contribution is 7.92. The number of carbonyl (C=O) groups excluding carboxylic acids is 1. The van der Waals surface area contributed by atoms with E-state index >= 15 is 4.39 Å². The van der Waals surface area contributed by atoms with E-state index in [4.69, 9.17) is 0 Å². The number of hydrogen-bond donors (Lipinski definition) is 2. The van der Waals surface area contributed by atoms with Crippen LogP contribution < -0.4 is 9.03 Å². The van der Waals surface area contributed by atoms with E-state index in [1.165, 1.54) is 12.4 Å². The van der Waals surface area contributed by atoms with Gasteiger partial charge in [0.25, 0.3) is 5.91 Å². The summed E-state index contributed by atoms with van der Waals surface area (Å²) in [4.78, 5) is 19.6. The second-order valence-corrected chi connectivity index (χ2v) is 7.72. The summed E-state index contributed by atoms with van der Waals surface area (Å²) in [6.07, 6.45) is 6.45. The molecule has 0 atom stereocenters. The average Bonchev–Trinajstić information content (AvgIpc) is 3.19. The Labute approximate surface area is 159 Å². The number of nitrogens with one attached hydrogen (secondary N) is 1. The highest BCUT2D eigenvalue weighted by atomic mass is 32.2. The summed E-state index contributed by atoms with van der Waals surface area (Å²) >= 11 is 0. The number of phenols is 1. The highest BCUT2D eigenvalue weighted by Gasteiger charge is 2.38. The summed E-state index contributed by atoms with van der Waals surface area (Å²) < 4.78 is 43.1. The molecule has 3 heterocycles. The molecular formula is C17H14FN5O4S. The predicted molar refractivity (Wildman–Crippen MR) is 97.0 cm³/mol. The number of nitrogens with zero attached hydrogens (tertiary/aromatic N) is 4. The molecule has 11 heteroatoms. The SMILES string of the molecule is O=C1CN(c2c(O)ccc(-c3cn(Cc4cccnc4)cn3)c2F)S(=O)(=O)N1. The Morgan fingerprint density at radius 2 is 2.11 bits per heavy atom. The van der Waals surface area contributed by atoms with E-state index in [0.717, 1.165) is 11.6 Å². The van der Waals surface area contributed by atoms with Gasteiger partial charge in [-0.1, -0.05) is 6.07 Å². The van der Waals surface area contributed by atoms with Gasteiger partial charge in [-0.15, -0.1) is 0 Å². The molecule has 28 heavy (non-hydrogen) atoms. The van der Waals surface area contributed by atoms with Gasteiger partial charge >= 0.3 is 10.2 Å². The molecule has 0 aliphatic carbocycles. The van der Waals surface area contributed by atoms with Crippen molar-refractivity contribution in [2.75, 3.05) is 10.8 Å². The van der Waals surface area contributed by atoms with Crippen LogP contribution in [-0.4, -0.2) is 40.5 Å². The van der Waals surface area contributed by atoms with E-state index in [0.29, 0.717) is 10.8 Å². The molecule has 0 spiro atoms. The summed E-state index contributed by atoms with van der Waals surface area (Å²) in [5.74, 6) is -2.41. The Balaban J connectivity index is 1.71. The van der Waals surface area contributed by atoms with Crippen molar-refractivity contribution in [3.8, 4) is 17.0 Å². The molecule has 1 saturated heterocycles. The number of benzene rings is 1. The van der Waals surface area contributed by atoms with E-state index in [2.05, 4.69) is 9.97 Å². The van der Waals surface area contributed by atoms with Crippen LogP contribution in [0.4, 0.5) is 10.1 Å². The van der Waals surface area contributed by atoms with E-state index in [1.54, 1.807) is 33.9 Å². The minimum atomic E-state index is -4.27. The summed E-state index contributed by atoms with van der Waals surface area (Å²) in [5.41, 5.74) is 0.564. The van der Waals surface area contributed by atoms with Crippen LogP contribution in [0.25, 0.3) is 11.3 Å². The predicted octanol–water partition coefficient (Wildman–Crippen LogP) is 1.02. The molecule has 0 bridgehead atoms. The van der Waals surface area contributed by atoms with Crippen LogP contribution in [0.2, 0.25) is 0 Å². The molecule has 1 fully saturated rings. The fourth-order valence-electron chi connectivity index (χ4n) is 2.92. The molecule has 1 aliphatic rings. The Morgan fingerprint density at radius 3 is 2.79 bits per heavy atom. The standard InChI is InChI=1S/C17H14FN5O4S/c18-16-12(13-8-22(10-20-13)7-11-2-1-5-19-6-11)3-4-14(24)17(16)23-9-15(25)21-28(23,26)27/h1-6,8,10,24H,7,9H2,(H,21,25). The second kappa shape index (κ2) is 6.60. The summed E-state index contributed by atoms with van der Waals surface area (Å²) in [6, 6.07) is 6.13. The van der Waals surface area contributed by atoms with Gasteiger partial charge in [0.15, 0.2) is 5.82 Å². The zero-order valence-electron chi connectivity index (χ0n) is 14.3. The maximum Gasteiger partial charge on any atom is 0.326 e. The van der Waals surface area contributed by atoms with Gasteiger partial charge in [0.05, 0.1) is 18.6 Å². The number of rotatable bonds is 4. The molecule has 0 unspecified atom stereocenters. The number of phenolic OH excluding ortho intramolecular Hbond substituents is 1. The molecule has 2 aromatic heterocycles. The Morgan fingerprint density at radius 1 is 1.29 bits per heavy atom. The Hall–Kier alpha value is -3.47. The lowest BCUT2D eigenvalue weighted by Crippen LogP contribution is -2.30. The van der Waals surface area contributed by atoms with Crippen LogP contribution in [0.3, 0.4) is 0 Å². The van der Waals surface area contributed by atoms with Crippen LogP contribution in [0.1, 0.15) is 5.56 Å². The van der Waals surface area contributed by atoms with Crippen molar-refractivity contribution in [1.29, 1.82) is 0 Å². The second-order valence-electron chi connectivity index (χ2n) is 6.12. The quantitative estimate of drug-likeness (QED) is 0.672. The molecule has 3 aromatic rings. The lowest BCUT2D eigenvalue weighted by atomic mass is 10.1. The van der Waals surface area contributed by atoms with Gasteiger partial charge in [0.2, 0.25) is 0 Å². The molecule has 0 saturated carbocycles. The van der Waals surface area contributed by atoms with Gasteiger partial charge in [-0.2, -0.15) is 8.42 Å². The number of aromatic hydroxyl groups is 1. The van der Waals surface area contributed by atoms with E-state index in [-0.39, 0.29) is 11.3 Å². The number of imidazole rings is 1. The van der Waals surface area contributed by atoms with Crippen LogP contribution in [0, 0.1) is 5.82 Å². The first-order valence-electron chi connectivity index (χ1n) is 8.11. The average molecular weight is 403 g/mol. The fourth-order valence-corrected chi connectivity index (χ4v) is 4.09. The third kappa shape index (κ3) is 3.16. The van der Waals surface area contributed by atoms with E-state index < -0.39 is 39.9 Å². The van der Waals surface area contributed by atoms with E-state index in [9.17, 15) is 18.3 Å². The number of hydrogen-bond acceptors (Lipinski definition) is 6. The highest BCUT2D eigenvalue weighted by Crippen LogP contribution is 2.38. The van der Waals surface area contributed by atoms with E-state index in [1.807, 2.05) is 6.07 Å². The van der Waals surface area contributed by atoms with Crippen molar-refractivity contribution in [2.24, 2.45) is 0 Å². The van der Waals surface area contributed by atoms with Gasteiger partial charge in [-0.3, -0.25) is 9.78 Å². The number of pyridine rings is 1. The van der Waals surface area contributed by atoms with Crippen LogP contribution in [-0.2, 0) is 21.5 Å². The smallest absolute Gasteiger partial charge is 0.326 e. The molecule has 2 N–H and O–H groups in total. The normalized spacial score (nSPS) is 15.6. The van der Waals surface area contributed by atoms with Gasteiger partial charge in [-0.05, 0) is 23.8 Å². The van der Waals surface area contributed by atoms with Gasteiger partial charge in [-0.25, -0.2) is 18.4 Å². The molecule has 1 aliphatic heterocycles. The lowest BCUT2D eigenvalue weighted by Gasteiger charge is -2.18. The van der Waals surface area contributed by atoms with Gasteiger partial charge in [0.1, 0.15) is 18.0 Å². The van der Waals surface area contributed by atoms with Crippen LogP contribution in [0.5, 0.6) is 5.75 Å². The molecule has 144 valence electrons. The third-order valence-corrected chi connectivity index (χ3v) is 5.54. The Kier molecular flexibility index (Phi) is 4.23. The number of aromatic nitrogens is 3. The monoisotopic (exact) mass is 403 g/mol. The summed E-state index contributed by atoms with van der Waals surface area (Å²) in [5, 5.41) is 10.0. The maximum atomic E-state index is 15.1. The number of anilines is 1. The topological polar surface area (TPSA) is 117 Å². The minimum absolute atomic E-state index is 0.00714. The van der Waals surface area contributed by atoms with Crippen LogP contribution in [0.15, 0.2) is 49.2 Å². The first-order valence-corrected chi connectivity index (χ1v) is 9.55. The largest absolute Gasteiger partial charge is 0.506 e. The van der Waals surface area contributed by atoms with Crippen molar-refractivity contribution in [3.05, 3.63) is 60.6 Å². The fraction of sp³-hybridized carbons (Fsp3) is 0.118. The zero-order chi connectivity index (χ0) is 19.9. The molecule has 4 rings (SSSR count). The van der Waals surface area contributed by atoms with Gasteiger partial charge in [0, 0.05) is 24.2 Å². The third-order valence-electron chi connectivity index (χ3n) is 4.16. The van der Waals surface area contributed by atoms with Crippen molar-refractivity contribution in [2.45, 2.75) is 6.54 Å². The molecule has 9 nitrogen and oxygen atoms in total. The first kappa shape index (κ1) is 17.9. The number of halogens is 1. The number of carbonyl (C=O) groups is 1.